The Hall–Kier alpha value is -0.520. The van der Waals surface area contributed by atoms with Gasteiger partial charge in [0.2, 0.25) is 0 Å². The molecule has 0 aromatic heterocycles. The molecule has 1 fully saturated rings. The average molecular weight is 106 g/mol. The standard InChI is InChI=1S/C8H10/c1-6-5-7-3-2-4-8(6)7/h2,4,7-8H,1,3,5H2. The Labute approximate surface area is 49.9 Å². The number of allylic oxidation sites excluding steroid dienone is 3. The summed E-state index contributed by atoms with van der Waals surface area (Å²) in [4.78, 5) is 0. The molecule has 0 heteroatoms. The van der Waals surface area contributed by atoms with E-state index in [0.717, 1.165) is 11.8 Å². The molecule has 0 nitrogen and oxygen atoms in total. The lowest BCUT2D eigenvalue weighted by molar-refractivity contribution is 0.359. The molecule has 0 bridgehead atoms. The van der Waals surface area contributed by atoms with Crippen LogP contribution >= 0.6 is 0 Å². The molecule has 2 atom stereocenters. The predicted molar refractivity (Wildman–Crippen MR) is 34.5 cm³/mol. The van der Waals surface area contributed by atoms with E-state index in [4.69, 9.17) is 0 Å². The largest absolute Gasteiger partial charge is 0.0992 e. The maximum Gasteiger partial charge on any atom is 0.000845 e. The van der Waals surface area contributed by atoms with E-state index in [1.54, 1.807) is 0 Å². The molecule has 2 unspecified atom stereocenters. The second kappa shape index (κ2) is 1.25. The van der Waals surface area contributed by atoms with Crippen LogP contribution in [0, 0.1) is 11.8 Å². The van der Waals surface area contributed by atoms with Crippen molar-refractivity contribution in [3.05, 3.63) is 24.3 Å². The molecule has 0 N–H and O–H groups in total. The molecule has 1 saturated carbocycles. The minimum absolute atomic E-state index is 0.787. The normalized spacial score (nSPS) is 41.8. The summed E-state index contributed by atoms with van der Waals surface area (Å²) in [6.07, 6.45) is 7.19. The van der Waals surface area contributed by atoms with Gasteiger partial charge in [0.25, 0.3) is 0 Å². The second-order valence-corrected chi connectivity index (χ2v) is 2.81. The lowest BCUT2D eigenvalue weighted by Crippen LogP contribution is -2.22. The van der Waals surface area contributed by atoms with Gasteiger partial charge in [-0.1, -0.05) is 24.3 Å². The molecule has 0 spiro atoms. The summed E-state index contributed by atoms with van der Waals surface area (Å²) in [5.74, 6) is 1.75. The fourth-order valence-corrected chi connectivity index (χ4v) is 1.70. The molecule has 8 heavy (non-hydrogen) atoms. The van der Waals surface area contributed by atoms with Crippen LogP contribution < -0.4 is 0 Å². The third kappa shape index (κ3) is 0.360. The van der Waals surface area contributed by atoms with Crippen molar-refractivity contribution in [1.82, 2.24) is 0 Å². The predicted octanol–water partition coefficient (Wildman–Crippen LogP) is 2.14. The fraction of sp³-hybridized carbons (Fsp3) is 0.500. The van der Waals surface area contributed by atoms with E-state index in [1.807, 2.05) is 0 Å². The molecule has 2 aliphatic rings. The summed E-state index contributed by atoms with van der Waals surface area (Å²) in [5.41, 5.74) is 1.45. The Balaban J connectivity index is 2.21. The van der Waals surface area contributed by atoms with Gasteiger partial charge in [0, 0.05) is 5.92 Å². The summed E-state index contributed by atoms with van der Waals surface area (Å²) in [7, 11) is 0. The molecular formula is C8H10. The molecule has 0 aromatic rings. The van der Waals surface area contributed by atoms with Gasteiger partial charge in [0.15, 0.2) is 0 Å². The number of fused-ring (bicyclic) bond motifs is 1. The number of hydrogen-bond donors (Lipinski definition) is 0. The lowest BCUT2D eigenvalue weighted by atomic mass is 9.72. The molecule has 0 heterocycles. The summed E-state index contributed by atoms with van der Waals surface area (Å²) in [6, 6.07) is 0. The van der Waals surface area contributed by atoms with Crippen LogP contribution in [0.5, 0.6) is 0 Å². The molecule has 0 saturated heterocycles. The van der Waals surface area contributed by atoms with Crippen LogP contribution in [0.2, 0.25) is 0 Å². The van der Waals surface area contributed by atoms with Crippen molar-refractivity contribution in [2.75, 3.05) is 0 Å². The van der Waals surface area contributed by atoms with Crippen LogP contribution in [-0.2, 0) is 0 Å². The summed E-state index contributed by atoms with van der Waals surface area (Å²) in [5, 5.41) is 0. The van der Waals surface area contributed by atoms with E-state index < -0.39 is 0 Å². The topological polar surface area (TPSA) is 0 Å². The monoisotopic (exact) mass is 106 g/mol. The highest BCUT2D eigenvalue weighted by atomic mass is 14.4. The maximum atomic E-state index is 3.95. The molecule has 42 valence electrons. The van der Waals surface area contributed by atoms with Crippen LogP contribution in [0.15, 0.2) is 24.3 Å². The van der Waals surface area contributed by atoms with Crippen LogP contribution in [0.25, 0.3) is 0 Å². The van der Waals surface area contributed by atoms with Gasteiger partial charge in [-0.3, -0.25) is 0 Å². The third-order valence-electron chi connectivity index (χ3n) is 2.29. The van der Waals surface area contributed by atoms with E-state index in [-0.39, 0.29) is 0 Å². The highest BCUT2D eigenvalue weighted by Gasteiger charge is 2.34. The van der Waals surface area contributed by atoms with Gasteiger partial charge in [-0.2, -0.15) is 0 Å². The molecule has 2 rings (SSSR count). The minimum Gasteiger partial charge on any atom is -0.0992 e. The molecule has 2 aliphatic carbocycles. The van der Waals surface area contributed by atoms with Crippen molar-refractivity contribution in [3.63, 3.8) is 0 Å². The van der Waals surface area contributed by atoms with E-state index >= 15 is 0 Å². The Kier molecular flexibility index (Phi) is 0.682. The summed E-state index contributed by atoms with van der Waals surface area (Å²) < 4.78 is 0. The first-order chi connectivity index (χ1) is 3.88. The summed E-state index contributed by atoms with van der Waals surface area (Å²) in [6.45, 7) is 3.95. The number of rotatable bonds is 0. The lowest BCUT2D eigenvalue weighted by Gasteiger charge is -2.32. The van der Waals surface area contributed by atoms with E-state index in [9.17, 15) is 0 Å². The van der Waals surface area contributed by atoms with Crippen LogP contribution in [0.4, 0.5) is 0 Å². The Bertz CT molecular complexity index is 153. The van der Waals surface area contributed by atoms with Gasteiger partial charge >= 0.3 is 0 Å². The van der Waals surface area contributed by atoms with Crippen molar-refractivity contribution in [2.24, 2.45) is 11.8 Å². The Morgan fingerprint density at radius 3 is 3.00 bits per heavy atom. The van der Waals surface area contributed by atoms with Crippen LogP contribution in [0.3, 0.4) is 0 Å². The molecule has 0 aliphatic heterocycles. The molecular weight excluding hydrogens is 96.1 g/mol. The van der Waals surface area contributed by atoms with Gasteiger partial charge in [-0.05, 0) is 18.8 Å². The van der Waals surface area contributed by atoms with E-state index in [1.165, 1.54) is 18.4 Å². The fourth-order valence-electron chi connectivity index (χ4n) is 1.70. The second-order valence-electron chi connectivity index (χ2n) is 2.81. The van der Waals surface area contributed by atoms with Gasteiger partial charge in [0.1, 0.15) is 0 Å². The number of hydrogen-bond acceptors (Lipinski definition) is 0. The third-order valence-corrected chi connectivity index (χ3v) is 2.29. The molecule has 0 amide bonds. The summed E-state index contributed by atoms with van der Waals surface area (Å²) >= 11 is 0. The first-order valence-corrected chi connectivity index (χ1v) is 3.22. The smallest absolute Gasteiger partial charge is 0.000845 e. The SMILES string of the molecule is C=C1CC2CC=CC12. The van der Waals surface area contributed by atoms with Crippen molar-refractivity contribution in [1.29, 1.82) is 0 Å². The van der Waals surface area contributed by atoms with Gasteiger partial charge in [-0.25, -0.2) is 0 Å². The average Bonchev–Trinajstić information content (AvgIpc) is 2.09. The first-order valence-electron chi connectivity index (χ1n) is 3.22. The zero-order chi connectivity index (χ0) is 5.56. The molecule has 0 radical (unpaired) electrons. The zero-order valence-corrected chi connectivity index (χ0v) is 4.93. The molecule has 0 aromatic carbocycles. The van der Waals surface area contributed by atoms with Crippen molar-refractivity contribution in [3.8, 4) is 0 Å². The van der Waals surface area contributed by atoms with Crippen molar-refractivity contribution in [2.45, 2.75) is 12.8 Å². The first kappa shape index (κ1) is 4.37. The van der Waals surface area contributed by atoms with Gasteiger partial charge in [0.05, 0.1) is 0 Å². The van der Waals surface area contributed by atoms with Gasteiger partial charge in [-0.15, -0.1) is 0 Å². The Morgan fingerprint density at radius 2 is 2.50 bits per heavy atom. The van der Waals surface area contributed by atoms with Crippen molar-refractivity contribution < 1.29 is 0 Å². The Morgan fingerprint density at radius 1 is 1.62 bits per heavy atom. The quantitative estimate of drug-likeness (QED) is 0.415. The maximum absolute atomic E-state index is 3.95. The van der Waals surface area contributed by atoms with Crippen LogP contribution in [0.1, 0.15) is 12.8 Å². The van der Waals surface area contributed by atoms with E-state index in [2.05, 4.69) is 18.7 Å². The van der Waals surface area contributed by atoms with Crippen molar-refractivity contribution >= 4 is 0 Å². The van der Waals surface area contributed by atoms with E-state index in [0.29, 0.717) is 0 Å². The van der Waals surface area contributed by atoms with Crippen LogP contribution in [-0.4, -0.2) is 0 Å². The van der Waals surface area contributed by atoms with Gasteiger partial charge < -0.3 is 0 Å². The highest BCUT2D eigenvalue weighted by molar-refractivity contribution is 5.26. The zero-order valence-electron chi connectivity index (χ0n) is 4.93. The highest BCUT2D eigenvalue weighted by Crippen LogP contribution is 2.45. The minimum atomic E-state index is 0.787.